The molecule has 0 saturated carbocycles. The van der Waals surface area contributed by atoms with Crippen LogP contribution in [0.1, 0.15) is 6.92 Å². The second-order valence-corrected chi connectivity index (χ2v) is 3.92. The molecular weight excluding hydrogens is 204 g/mol. The quantitative estimate of drug-likeness (QED) is 0.750. The van der Waals surface area contributed by atoms with Gasteiger partial charge in [-0.15, -0.1) is 0 Å². The molecule has 1 saturated heterocycles. The lowest BCUT2D eigenvalue weighted by atomic mass is 10.3. The van der Waals surface area contributed by atoms with Crippen LogP contribution in [0.2, 0.25) is 0 Å². The van der Waals surface area contributed by atoms with Gasteiger partial charge >= 0.3 is 0 Å². The molecule has 1 aliphatic heterocycles. The summed E-state index contributed by atoms with van der Waals surface area (Å²) in [6.07, 6.45) is 1.76. The molecule has 0 bridgehead atoms. The highest BCUT2D eigenvalue weighted by atomic mass is 16.5. The Labute approximate surface area is 96.1 Å². The minimum absolute atomic E-state index is 0.638. The van der Waals surface area contributed by atoms with Gasteiger partial charge in [-0.2, -0.15) is 4.98 Å². The Bertz CT molecular complexity index is 337. The third-order valence-electron chi connectivity index (χ3n) is 2.70. The average molecular weight is 222 g/mol. The number of hydrogen-bond donors (Lipinski definition) is 0. The molecule has 0 aliphatic carbocycles. The molecule has 88 valence electrons. The van der Waals surface area contributed by atoms with Crippen LogP contribution in [0.4, 0.5) is 5.95 Å². The lowest BCUT2D eigenvalue weighted by molar-refractivity contribution is 0.307. The number of ether oxygens (including phenoxy) is 1. The number of rotatable bonds is 3. The molecule has 16 heavy (non-hydrogen) atoms. The highest BCUT2D eigenvalue weighted by Crippen LogP contribution is 2.14. The fourth-order valence-electron chi connectivity index (χ4n) is 1.72. The van der Waals surface area contributed by atoms with Gasteiger partial charge in [-0.05, 0) is 14.0 Å². The number of piperazine rings is 1. The Morgan fingerprint density at radius 2 is 2.06 bits per heavy atom. The fourth-order valence-corrected chi connectivity index (χ4v) is 1.72. The maximum atomic E-state index is 5.37. The van der Waals surface area contributed by atoms with Crippen molar-refractivity contribution in [3.63, 3.8) is 0 Å². The summed E-state index contributed by atoms with van der Waals surface area (Å²) in [7, 11) is 2.13. The zero-order chi connectivity index (χ0) is 11.4. The molecule has 0 N–H and O–H groups in total. The Morgan fingerprint density at radius 3 is 2.75 bits per heavy atom. The first-order valence-electron chi connectivity index (χ1n) is 5.69. The van der Waals surface area contributed by atoms with E-state index in [0.29, 0.717) is 12.5 Å². The van der Waals surface area contributed by atoms with Crippen LogP contribution in [0.15, 0.2) is 12.3 Å². The smallest absolute Gasteiger partial charge is 0.228 e. The molecule has 0 radical (unpaired) electrons. The highest BCUT2D eigenvalue weighted by Gasteiger charge is 2.16. The van der Waals surface area contributed by atoms with Crippen LogP contribution in [0.5, 0.6) is 5.88 Å². The molecule has 5 nitrogen and oxygen atoms in total. The van der Waals surface area contributed by atoms with Crippen molar-refractivity contribution in [2.24, 2.45) is 0 Å². The molecular formula is C11H18N4O. The van der Waals surface area contributed by atoms with Gasteiger partial charge in [-0.3, -0.25) is 0 Å². The van der Waals surface area contributed by atoms with Crippen LogP contribution in [0.3, 0.4) is 0 Å². The third kappa shape index (κ3) is 2.61. The zero-order valence-corrected chi connectivity index (χ0v) is 9.89. The first-order chi connectivity index (χ1) is 7.79. The van der Waals surface area contributed by atoms with E-state index in [-0.39, 0.29) is 0 Å². The highest BCUT2D eigenvalue weighted by molar-refractivity contribution is 5.32. The van der Waals surface area contributed by atoms with Gasteiger partial charge in [0, 0.05) is 38.4 Å². The Hall–Kier alpha value is -1.36. The summed E-state index contributed by atoms with van der Waals surface area (Å²) in [6, 6.07) is 1.79. The van der Waals surface area contributed by atoms with Crippen molar-refractivity contribution in [3.8, 4) is 5.88 Å². The Morgan fingerprint density at radius 1 is 1.31 bits per heavy atom. The maximum absolute atomic E-state index is 5.37. The molecule has 0 amide bonds. The normalized spacial score (nSPS) is 17.5. The van der Waals surface area contributed by atoms with E-state index in [2.05, 4.69) is 26.8 Å². The third-order valence-corrected chi connectivity index (χ3v) is 2.70. The van der Waals surface area contributed by atoms with Crippen molar-refractivity contribution >= 4 is 5.95 Å². The van der Waals surface area contributed by atoms with E-state index in [9.17, 15) is 0 Å². The summed E-state index contributed by atoms with van der Waals surface area (Å²) in [6.45, 7) is 6.67. The summed E-state index contributed by atoms with van der Waals surface area (Å²) in [4.78, 5) is 13.2. The Kier molecular flexibility index (Phi) is 3.56. The second kappa shape index (κ2) is 5.12. The van der Waals surface area contributed by atoms with Crippen LogP contribution in [-0.2, 0) is 0 Å². The van der Waals surface area contributed by atoms with Crippen LogP contribution in [0.25, 0.3) is 0 Å². The SMILES string of the molecule is CCOc1ccnc(N2CCN(C)CC2)n1. The summed E-state index contributed by atoms with van der Waals surface area (Å²) in [5, 5.41) is 0. The molecule has 1 aliphatic rings. The van der Waals surface area contributed by atoms with Gasteiger partial charge < -0.3 is 14.5 Å². The van der Waals surface area contributed by atoms with E-state index in [4.69, 9.17) is 4.74 Å². The topological polar surface area (TPSA) is 41.5 Å². The van der Waals surface area contributed by atoms with Gasteiger partial charge in [0.25, 0.3) is 0 Å². The molecule has 5 heteroatoms. The van der Waals surface area contributed by atoms with Gasteiger partial charge in [0.1, 0.15) is 0 Å². The van der Waals surface area contributed by atoms with Crippen molar-refractivity contribution in [2.45, 2.75) is 6.92 Å². The maximum Gasteiger partial charge on any atom is 0.228 e. The van der Waals surface area contributed by atoms with E-state index < -0.39 is 0 Å². The van der Waals surface area contributed by atoms with Gasteiger partial charge in [-0.1, -0.05) is 0 Å². The first-order valence-corrected chi connectivity index (χ1v) is 5.69. The van der Waals surface area contributed by atoms with Gasteiger partial charge in [0.05, 0.1) is 6.61 Å². The van der Waals surface area contributed by atoms with Gasteiger partial charge in [0.15, 0.2) is 0 Å². The molecule has 2 rings (SSSR count). The van der Waals surface area contributed by atoms with Crippen LogP contribution in [0, 0.1) is 0 Å². The predicted molar refractivity (Wildman–Crippen MR) is 62.9 cm³/mol. The average Bonchev–Trinajstić information content (AvgIpc) is 2.31. The minimum Gasteiger partial charge on any atom is -0.478 e. The number of anilines is 1. The standard InChI is InChI=1S/C11H18N4O/c1-3-16-10-4-5-12-11(13-10)15-8-6-14(2)7-9-15/h4-5H,3,6-9H2,1-2H3. The molecule has 1 aromatic heterocycles. The van der Waals surface area contributed by atoms with E-state index in [1.54, 1.807) is 12.3 Å². The van der Waals surface area contributed by atoms with Crippen LogP contribution in [-0.4, -0.2) is 54.7 Å². The lowest BCUT2D eigenvalue weighted by Gasteiger charge is -2.32. The molecule has 0 spiro atoms. The monoisotopic (exact) mass is 222 g/mol. The lowest BCUT2D eigenvalue weighted by Crippen LogP contribution is -2.45. The molecule has 0 aromatic carbocycles. The minimum atomic E-state index is 0.638. The largest absolute Gasteiger partial charge is 0.478 e. The number of nitrogens with zero attached hydrogens (tertiary/aromatic N) is 4. The van der Waals surface area contributed by atoms with E-state index in [1.807, 2.05) is 6.92 Å². The van der Waals surface area contributed by atoms with Crippen molar-refractivity contribution in [3.05, 3.63) is 12.3 Å². The van der Waals surface area contributed by atoms with Gasteiger partial charge in [-0.25, -0.2) is 4.98 Å². The summed E-state index contributed by atoms with van der Waals surface area (Å²) in [5.41, 5.74) is 0. The molecule has 1 fully saturated rings. The van der Waals surface area contributed by atoms with E-state index in [1.165, 1.54) is 0 Å². The summed E-state index contributed by atoms with van der Waals surface area (Å²) in [5.74, 6) is 1.44. The van der Waals surface area contributed by atoms with Crippen molar-refractivity contribution in [2.75, 3.05) is 44.7 Å². The number of hydrogen-bond acceptors (Lipinski definition) is 5. The van der Waals surface area contributed by atoms with Crippen molar-refractivity contribution in [1.29, 1.82) is 0 Å². The Balaban J connectivity index is 2.05. The zero-order valence-electron chi connectivity index (χ0n) is 9.89. The predicted octanol–water partition coefficient (Wildman–Crippen LogP) is 0.627. The van der Waals surface area contributed by atoms with Crippen molar-refractivity contribution < 1.29 is 4.74 Å². The van der Waals surface area contributed by atoms with E-state index in [0.717, 1.165) is 32.1 Å². The van der Waals surface area contributed by atoms with Crippen LogP contribution >= 0.6 is 0 Å². The van der Waals surface area contributed by atoms with Crippen molar-refractivity contribution in [1.82, 2.24) is 14.9 Å². The fraction of sp³-hybridized carbons (Fsp3) is 0.636. The molecule has 2 heterocycles. The second-order valence-electron chi connectivity index (χ2n) is 3.92. The van der Waals surface area contributed by atoms with E-state index >= 15 is 0 Å². The molecule has 0 atom stereocenters. The van der Waals surface area contributed by atoms with Crippen LogP contribution < -0.4 is 9.64 Å². The van der Waals surface area contributed by atoms with Gasteiger partial charge in [0.2, 0.25) is 11.8 Å². The molecule has 1 aromatic rings. The number of likely N-dealkylation sites (N-methyl/N-ethyl adjacent to an activating group) is 1. The molecule has 0 unspecified atom stereocenters. The summed E-state index contributed by atoms with van der Waals surface area (Å²) < 4.78 is 5.37. The number of aromatic nitrogens is 2. The summed E-state index contributed by atoms with van der Waals surface area (Å²) >= 11 is 0. The first kappa shape index (κ1) is 11.1.